The minimum Gasteiger partial charge on any atom is -0.483 e. The van der Waals surface area contributed by atoms with Gasteiger partial charge in [-0.1, -0.05) is 6.07 Å². The first-order chi connectivity index (χ1) is 12.4. The van der Waals surface area contributed by atoms with Crippen molar-refractivity contribution in [2.24, 2.45) is 0 Å². The van der Waals surface area contributed by atoms with Crippen molar-refractivity contribution in [1.29, 1.82) is 0 Å². The number of rotatable bonds is 8. The third-order valence-corrected chi connectivity index (χ3v) is 5.06. The number of anilines is 1. The molecule has 1 unspecified atom stereocenters. The lowest BCUT2D eigenvalue weighted by Gasteiger charge is -2.45. The van der Waals surface area contributed by atoms with Crippen molar-refractivity contribution in [3.8, 4) is 5.75 Å². The number of methoxy groups -OCH3 is 1. The highest BCUT2D eigenvalue weighted by atomic mass is 16.5. The molecule has 1 fully saturated rings. The molecular formula is C20H28N2O4. The first-order valence-corrected chi connectivity index (χ1v) is 9.28. The average Bonchev–Trinajstić information content (AvgIpc) is 3.43. The van der Waals surface area contributed by atoms with Gasteiger partial charge in [-0.05, 0) is 50.8 Å². The highest BCUT2D eigenvalue weighted by Crippen LogP contribution is 2.40. The fraction of sp³-hybridized carbons (Fsp3) is 0.600. The molecule has 1 atom stereocenters. The van der Waals surface area contributed by atoms with Crippen LogP contribution in [-0.4, -0.2) is 43.6 Å². The molecule has 2 aliphatic rings. The first-order valence-electron chi connectivity index (χ1n) is 9.28. The van der Waals surface area contributed by atoms with Crippen LogP contribution in [0, 0.1) is 0 Å². The van der Waals surface area contributed by atoms with Crippen LogP contribution in [-0.2, 0) is 20.9 Å². The molecule has 26 heavy (non-hydrogen) atoms. The number of hydrogen-bond acceptors (Lipinski definition) is 6. The van der Waals surface area contributed by atoms with Gasteiger partial charge in [0.2, 0.25) is 0 Å². The highest BCUT2D eigenvalue weighted by molar-refractivity contribution is 5.74. The molecule has 6 heteroatoms. The van der Waals surface area contributed by atoms with E-state index in [2.05, 4.69) is 17.4 Å². The van der Waals surface area contributed by atoms with Gasteiger partial charge in [0.05, 0.1) is 12.8 Å². The summed E-state index contributed by atoms with van der Waals surface area (Å²) in [7, 11) is 1.39. The van der Waals surface area contributed by atoms with E-state index in [0.717, 1.165) is 24.3 Å². The topological polar surface area (TPSA) is 67.9 Å². The number of esters is 1. The van der Waals surface area contributed by atoms with Crippen molar-refractivity contribution in [2.75, 3.05) is 18.6 Å². The number of nitrogens with zero attached hydrogens (tertiary/aromatic N) is 1. The molecule has 0 radical (unpaired) electrons. The van der Waals surface area contributed by atoms with E-state index in [9.17, 15) is 9.59 Å². The van der Waals surface area contributed by atoms with E-state index in [0.29, 0.717) is 25.4 Å². The molecule has 3 rings (SSSR count). The minimum absolute atomic E-state index is 0.234. The van der Waals surface area contributed by atoms with Gasteiger partial charge >= 0.3 is 5.97 Å². The first kappa shape index (κ1) is 18.7. The maximum atomic E-state index is 11.8. The van der Waals surface area contributed by atoms with Gasteiger partial charge in [-0.2, -0.15) is 0 Å². The van der Waals surface area contributed by atoms with E-state index in [1.165, 1.54) is 25.5 Å². The van der Waals surface area contributed by atoms with E-state index >= 15 is 0 Å². The normalized spacial score (nSPS) is 20.9. The molecule has 1 saturated carbocycles. The lowest BCUT2D eigenvalue weighted by molar-refractivity contribution is -0.140. The zero-order valence-corrected chi connectivity index (χ0v) is 15.8. The predicted molar refractivity (Wildman–Crippen MR) is 99.5 cm³/mol. The summed E-state index contributed by atoms with van der Waals surface area (Å²) in [6.45, 7) is 5.27. The van der Waals surface area contributed by atoms with Crippen molar-refractivity contribution in [3.63, 3.8) is 0 Å². The lowest BCUT2D eigenvalue weighted by Crippen LogP contribution is -2.57. The van der Waals surface area contributed by atoms with E-state index in [1.807, 2.05) is 24.8 Å². The highest BCUT2D eigenvalue weighted by Gasteiger charge is 2.41. The summed E-state index contributed by atoms with van der Waals surface area (Å²) >= 11 is 0. The fourth-order valence-corrected chi connectivity index (χ4v) is 3.40. The molecular weight excluding hydrogens is 332 g/mol. The zero-order valence-electron chi connectivity index (χ0n) is 15.8. The Morgan fingerprint density at radius 3 is 2.85 bits per heavy atom. The number of fused-ring (bicyclic) bond motifs is 1. The van der Waals surface area contributed by atoms with Crippen molar-refractivity contribution in [3.05, 3.63) is 23.8 Å². The zero-order chi connectivity index (χ0) is 18.7. The smallest absolute Gasteiger partial charge is 0.305 e. The predicted octanol–water partition coefficient (Wildman–Crippen LogP) is 2.44. The minimum atomic E-state index is -0.636. The van der Waals surface area contributed by atoms with Crippen molar-refractivity contribution in [2.45, 2.75) is 63.8 Å². The second kappa shape index (κ2) is 7.66. The summed E-state index contributed by atoms with van der Waals surface area (Å²) in [6, 6.07) is 6.40. The van der Waals surface area contributed by atoms with Gasteiger partial charge in [-0.25, -0.2) is 0 Å². The molecule has 1 aromatic carbocycles. The largest absolute Gasteiger partial charge is 0.483 e. The van der Waals surface area contributed by atoms with Crippen LogP contribution < -0.4 is 15.0 Å². The van der Waals surface area contributed by atoms with E-state index in [1.54, 1.807) is 0 Å². The Bertz CT molecular complexity index is 670. The summed E-state index contributed by atoms with van der Waals surface area (Å²) < 4.78 is 10.9. The van der Waals surface area contributed by atoms with Crippen LogP contribution in [0.3, 0.4) is 0 Å². The Kier molecular flexibility index (Phi) is 5.51. The van der Waals surface area contributed by atoms with Gasteiger partial charge in [0.15, 0.2) is 0 Å². The second-order valence-corrected chi connectivity index (χ2v) is 7.62. The van der Waals surface area contributed by atoms with Gasteiger partial charge in [0.1, 0.15) is 23.7 Å². The van der Waals surface area contributed by atoms with Crippen molar-refractivity contribution < 1.29 is 19.1 Å². The monoisotopic (exact) mass is 360 g/mol. The molecule has 1 aromatic rings. The van der Waals surface area contributed by atoms with Crippen LogP contribution in [0.5, 0.6) is 5.75 Å². The Hall–Kier alpha value is -2.08. The van der Waals surface area contributed by atoms with Gasteiger partial charge in [-0.15, -0.1) is 0 Å². The molecule has 1 N–H and O–H groups in total. The number of ether oxygens (including phenoxy) is 2. The molecule has 6 nitrogen and oxygen atoms in total. The molecule has 0 saturated heterocycles. The molecule has 0 amide bonds. The Labute approximate surface area is 154 Å². The quantitative estimate of drug-likeness (QED) is 0.567. The van der Waals surface area contributed by atoms with Crippen LogP contribution in [0.15, 0.2) is 18.2 Å². The van der Waals surface area contributed by atoms with E-state index in [4.69, 9.17) is 9.47 Å². The summed E-state index contributed by atoms with van der Waals surface area (Å²) in [4.78, 5) is 25.2. The van der Waals surface area contributed by atoms with Gasteiger partial charge in [0, 0.05) is 25.6 Å². The van der Waals surface area contributed by atoms with Crippen LogP contribution >= 0.6 is 0 Å². The number of benzene rings is 1. The molecule has 142 valence electrons. The third kappa shape index (κ3) is 4.18. The SMILES string of the molecule is COC(=O)CCCN1c2ccc(CNC3CC3)cc2OC(C)(C)C1C=O. The van der Waals surface area contributed by atoms with Gasteiger partial charge < -0.3 is 24.5 Å². The Morgan fingerprint density at radius 2 is 2.19 bits per heavy atom. The Morgan fingerprint density at radius 1 is 1.42 bits per heavy atom. The maximum Gasteiger partial charge on any atom is 0.305 e. The standard InChI is InChI=1S/C20H28N2O4/c1-20(2)18(13-23)22(10-4-5-19(24)25-3)16-9-6-14(11-17(16)26-20)12-21-15-7-8-15/h6,9,11,13,15,18,21H,4-5,7-8,10,12H2,1-3H3. The number of carbonyl (C=O) groups is 2. The lowest BCUT2D eigenvalue weighted by atomic mass is 9.94. The van der Waals surface area contributed by atoms with Crippen LogP contribution in [0.4, 0.5) is 5.69 Å². The number of aldehydes is 1. The summed E-state index contributed by atoms with van der Waals surface area (Å²) in [5, 5.41) is 3.51. The molecule has 0 bridgehead atoms. The van der Waals surface area contributed by atoms with Crippen LogP contribution in [0.25, 0.3) is 0 Å². The summed E-state index contributed by atoms with van der Waals surface area (Å²) in [5.74, 6) is 0.558. The number of hydrogen-bond donors (Lipinski definition) is 1. The van der Waals surface area contributed by atoms with Crippen LogP contribution in [0.1, 0.15) is 45.1 Å². The second-order valence-electron chi connectivity index (χ2n) is 7.62. The van der Waals surface area contributed by atoms with Gasteiger partial charge in [0.25, 0.3) is 0 Å². The third-order valence-electron chi connectivity index (χ3n) is 5.06. The van der Waals surface area contributed by atoms with Crippen molar-refractivity contribution in [1.82, 2.24) is 5.32 Å². The molecule has 1 heterocycles. The fourth-order valence-electron chi connectivity index (χ4n) is 3.40. The van der Waals surface area contributed by atoms with E-state index < -0.39 is 11.6 Å². The van der Waals surface area contributed by atoms with E-state index in [-0.39, 0.29) is 5.97 Å². The molecule has 0 aromatic heterocycles. The molecule has 1 aliphatic carbocycles. The van der Waals surface area contributed by atoms with Crippen LogP contribution in [0.2, 0.25) is 0 Å². The number of carbonyl (C=O) groups excluding carboxylic acids is 2. The molecule has 0 spiro atoms. The molecule has 1 aliphatic heterocycles. The summed E-state index contributed by atoms with van der Waals surface area (Å²) in [6.07, 6.45) is 4.40. The van der Waals surface area contributed by atoms with Crippen molar-refractivity contribution >= 4 is 17.9 Å². The van der Waals surface area contributed by atoms with Gasteiger partial charge in [-0.3, -0.25) is 4.79 Å². The maximum absolute atomic E-state index is 11.8. The Balaban J connectivity index is 1.79. The number of nitrogens with one attached hydrogen (secondary N) is 1. The summed E-state index contributed by atoms with van der Waals surface area (Å²) in [5.41, 5.74) is 1.44. The average molecular weight is 360 g/mol.